The Morgan fingerprint density at radius 1 is 1.69 bits per heavy atom. The number of carboxylic acids is 1. The maximum absolute atomic E-state index is 11.4. The van der Waals surface area contributed by atoms with Crippen molar-refractivity contribution in [2.24, 2.45) is 0 Å². The lowest BCUT2D eigenvalue weighted by molar-refractivity contribution is -0.150. The van der Waals surface area contributed by atoms with Gasteiger partial charge >= 0.3 is 5.97 Å². The smallest absolute Gasteiger partial charge is 0.334 e. The van der Waals surface area contributed by atoms with E-state index in [0.717, 1.165) is 0 Å². The first-order valence-electron chi connectivity index (χ1n) is 4.81. The van der Waals surface area contributed by atoms with Gasteiger partial charge in [-0.05, 0) is 0 Å². The average Bonchev–Trinajstić information content (AvgIpc) is 2.30. The molecule has 0 radical (unpaired) electrons. The van der Waals surface area contributed by atoms with Gasteiger partial charge in [-0.15, -0.1) is 0 Å². The molecule has 1 aliphatic rings. The number of hydrogen-bond acceptors (Lipinski definition) is 5. The van der Waals surface area contributed by atoms with E-state index in [0.29, 0.717) is 6.54 Å². The Kier molecular flexibility index (Phi) is 2.86. The van der Waals surface area contributed by atoms with Crippen LogP contribution in [0, 0.1) is 0 Å². The predicted octanol–water partition coefficient (Wildman–Crippen LogP) is -0.940. The first-order valence-corrected chi connectivity index (χ1v) is 4.81. The number of morpholine rings is 1. The number of ether oxygens (including phenoxy) is 1. The normalized spacial score (nSPS) is 20.8. The van der Waals surface area contributed by atoms with Crippen LogP contribution in [0.1, 0.15) is 0 Å². The predicted molar refractivity (Wildman–Crippen MR) is 54.4 cm³/mol. The molecule has 1 fully saturated rings. The Balaban J connectivity index is 2.19. The van der Waals surface area contributed by atoms with Crippen LogP contribution in [0.3, 0.4) is 0 Å². The maximum atomic E-state index is 11.4. The van der Waals surface area contributed by atoms with E-state index in [1.54, 1.807) is 4.90 Å². The Morgan fingerprint density at radius 3 is 3.19 bits per heavy atom. The second kappa shape index (κ2) is 4.31. The number of H-pyrrole nitrogens is 1. The van der Waals surface area contributed by atoms with E-state index in [4.69, 9.17) is 9.84 Å². The number of nitrogens with zero attached hydrogens (tertiary/aromatic N) is 2. The molecule has 1 unspecified atom stereocenters. The summed E-state index contributed by atoms with van der Waals surface area (Å²) in [6, 6.07) is 0. The number of carbonyl (C=O) groups is 1. The average molecular weight is 225 g/mol. The highest BCUT2D eigenvalue weighted by atomic mass is 16.5. The molecular weight excluding hydrogens is 214 g/mol. The van der Waals surface area contributed by atoms with Crippen molar-refractivity contribution >= 4 is 11.8 Å². The topological polar surface area (TPSA) is 95.5 Å². The molecule has 0 spiro atoms. The highest BCUT2D eigenvalue weighted by Gasteiger charge is 2.27. The minimum absolute atomic E-state index is 0.134. The Bertz CT molecular complexity index is 444. The second-order valence-corrected chi connectivity index (χ2v) is 3.39. The fraction of sp³-hybridized carbons (Fsp3) is 0.444. The molecule has 0 aromatic carbocycles. The number of hydrogen-bond donors (Lipinski definition) is 2. The molecule has 7 nitrogen and oxygen atoms in total. The highest BCUT2D eigenvalue weighted by Crippen LogP contribution is 2.10. The lowest BCUT2D eigenvalue weighted by atomic mass is 10.3. The molecule has 1 atom stereocenters. The minimum Gasteiger partial charge on any atom is -0.479 e. The van der Waals surface area contributed by atoms with Crippen LogP contribution < -0.4 is 10.5 Å². The van der Waals surface area contributed by atoms with Crippen molar-refractivity contribution < 1.29 is 14.6 Å². The van der Waals surface area contributed by atoms with Crippen molar-refractivity contribution in [2.75, 3.05) is 24.6 Å². The van der Waals surface area contributed by atoms with E-state index in [1.165, 1.54) is 12.4 Å². The Morgan fingerprint density at radius 2 is 2.50 bits per heavy atom. The van der Waals surface area contributed by atoms with Gasteiger partial charge in [0, 0.05) is 18.9 Å². The third kappa shape index (κ3) is 2.03. The minimum atomic E-state index is -1.03. The number of anilines is 1. The second-order valence-electron chi connectivity index (χ2n) is 3.39. The first-order chi connectivity index (χ1) is 7.68. The molecule has 86 valence electrons. The first kappa shape index (κ1) is 10.6. The fourth-order valence-corrected chi connectivity index (χ4v) is 1.56. The van der Waals surface area contributed by atoms with Gasteiger partial charge in [-0.1, -0.05) is 0 Å². The van der Waals surface area contributed by atoms with Crippen molar-refractivity contribution in [3.63, 3.8) is 0 Å². The lowest BCUT2D eigenvalue weighted by Crippen LogP contribution is -2.48. The zero-order valence-corrected chi connectivity index (χ0v) is 8.42. The van der Waals surface area contributed by atoms with Crippen LogP contribution in [-0.4, -0.2) is 46.8 Å². The van der Waals surface area contributed by atoms with Crippen LogP contribution in [-0.2, 0) is 9.53 Å². The summed E-state index contributed by atoms with van der Waals surface area (Å²) < 4.78 is 5.05. The van der Waals surface area contributed by atoms with Gasteiger partial charge in [0.05, 0.1) is 13.2 Å². The molecule has 1 aromatic heterocycles. The van der Waals surface area contributed by atoms with E-state index in [2.05, 4.69) is 9.97 Å². The summed E-state index contributed by atoms with van der Waals surface area (Å²) in [7, 11) is 0. The number of carboxylic acid groups (broad SMARTS) is 1. The third-order valence-electron chi connectivity index (χ3n) is 2.33. The molecule has 0 saturated carbocycles. The monoisotopic (exact) mass is 225 g/mol. The van der Waals surface area contributed by atoms with Crippen LogP contribution in [0.15, 0.2) is 17.2 Å². The molecule has 1 aromatic rings. The summed E-state index contributed by atoms with van der Waals surface area (Å²) in [5.74, 6) is -0.797. The van der Waals surface area contributed by atoms with Crippen molar-refractivity contribution in [3.05, 3.63) is 22.7 Å². The molecule has 7 heteroatoms. The van der Waals surface area contributed by atoms with E-state index in [9.17, 15) is 9.59 Å². The number of aliphatic carboxylic acids is 1. The quantitative estimate of drug-likeness (QED) is 0.674. The van der Waals surface area contributed by atoms with Crippen LogP contribution in [0.2, 0.25) is 0 Å². The maximum Gasteiger partial charge on any atom is 0.334 e. The molecule has 2 rings (SSSR count). The zero-order valence-electron chi connectivity index (χ0n) is 8.42. The molecule has 0 bridgehead atoms. The van der Waals surface area contributed by atoms with E-state index in [1.807, 2.05) is 0 Å². The Labute approximate surface area is 90.7 Å². The van der Waals surface area contributed by atoms with E-state index < -0.39 is 12.1 Å². The molecule has 0 amide bonds. The van der Waals surface area contributed by atoms with E-state index >= 15 is 0 Å². The van der Waals surface area contributed by atoms with Crippen molar-refractivity contribution in [1.29, 1.82) is 0 Å². The highest BCUT2D eigenvalue weighted by molar-refractivity contribution is 5.73. The Hall–Kier alpha value is -1.89. The standard InChI is InChI=1S/C9H11N3O4/c13-8-7(10-1-2-11-8)12-3-4-16-6(5-12)9(14)15/h1-2,6H,3-5H2,(H,11,13)(H,14,15). The van der Waals surface area contributed by atoms with Crippen molar-refractivity contribution in [2.45, 2.75) is 6.10 Å². The summed E-state index contributed by atoms with van der Waals surface area (Å²) in [6.45, 7) is 0.867. The molecule has 1 saturated heterocycles. The zero-order chi connectivity index (χ0) is 11.5. The molecule has 1 aliphatic heterocycles. The number of aromatic amines is 1. The molecular formula is C9H11N3O4. The molecule has 2 N–H and O–H groups in total. The van der Waals surface area contributed by atoms with Gasteiger partial charge in [0.15, 0.2) is 11.9 Å². The third-order valence-corrected chi connectivity index (χ3v) is 2.33. The SMILES string of the molecule is O=C(O)C1CN(c2ncc[nH]c2=O)CCO1. The largest absolute Gasteiger partial charge is 0.479 e. The van der Waals surface area contributed by atoms with Gasteiger partial charge in [-0.25, -0.2) is 9.78 Å². The number of aromatic nitrogens is 2. The molecule has 0 aliphatic carbocycles. The van der Waals surface area contributed by atoms with E-state index in [-0.39, 0.29) is 24.5 Å². The lowest BCUT2D eigenvalue weighted by Gasteiger charge is -2.30. The number of nitrogens with one attached hydrogen (secondary N) is 1. The summed E-state index contributed by atoms with van der Waals surface area (Å²) in [6.07, 6.45) is 1.98. The molecule has 2 heterocycles. The van der Waals surface area contributed by atoms with Crippen LogP contribution in [0.5, 0.6) is 0 Å². The van der Waals surface area contributed by atoms with Crippen molar-refractivity contribution in [1.82, 2.24) is 9.97 Å². The van der Waals surface area contributed by atoms with Gasteiger partial charge in [-0.2, -0.15) is 0 Å². The fourth-order valence-electron chi connectivity index (χ4n) is 1.56. The number of rotatable bonds is 2. The van der Waals surface area contributed by atoms with Gasteiger partial charge in [0.2, 0.25) is 0 Å². The van der Waals surface area contributed by atoms with Gasteiger partial charge < -0.3 is 19.7 Å². The summed E-state index contributed by atoms with van der Waals surface area (Å²) in [4.78, 5) is 30.2. The summed E-state index contributed by atoms with van der Waals surface area (Å²) in [5.41, 5.74) is -0.325. The summed E-state index contributed by atoms with van der Waals surface area (Å²) >= 11 is 0. The van der Waals surface area contributed by atoms with Gasteiger partial charge in [-0.3, -0.25) is 4.79 Å². The van der Waals surface area contributed by atoms with Gasteiger partial charge in [0.1, 0.15) is 0 Å². The van der Waals surface area contributed by atoms with Crippen LogP contribution in [0.4, 0.5) is 5.82 Å². The van der Waals surface area contributed by atoms with Crippen LogP contribution >= 0.6 is 0 Å². The molecule has 16 heavy (non-hydrogen) atoms. The summed E-state index contributed by atoms with van der Waals surface area (Å²) in [5, 5.41) is 8.81. The van der Waals surface area contributed by atoms with Crippen LogP contribution in [0.25, 0.3) is 0 Å². The van der Waals surface area contributed by atoms with Gasteiger partial charge in [0.25, 0.3) is 5.56 Å². The van der Waals surface area contributed by atoms with Crippen molar-refractivity contribution in [3.8, 4) is 0 Å².